The van der Waals surface area contributed by atoms with Crippen LogP contribution in [-0.4, -0.2) is 69.8 Å². The molecular formula is C33H47N5O7S. The van der Waals surface area contributed by atoms with E-state index >= 15 is 0 Å². The molecule has 2 aromatic heterocycles. The normalized spacial score (nSPS) is 16.6. The molecule has 1 saturated heterocycles. The average Bonchev–Trinajstić information content (AvgIpc) is 3.37. The van der Waals surface area contributed by atoms with E-state index in [-0.39, 0.29) is 40.8 Å². The molecule has 0 aliphatic carbocycles. The van der Waals surface area contributed by atoms with Crippen molar-refractivity contribution in [1.29, 1.82) is 0 Å². The molecule has 3 heterocycles. The van der Waals surface area contributed by atoms with E-state index in [9.17, 15) is 18.0 Å². The van der Waals surface area contributed by atoms with Gasteiger partial charge >= 0.3 is 0 Å². The Kier molecular flexibility index (Phi) is 11.4. The van der Waals surface area contributed by atoms with Crippen LogP contribution >= 0.6 is 0 Å². The molecule has 252 valence electrons. The average molecular weight is 658 g/mol. The highest BCUT2D eigenvalue weighted by Gasteiger charge is 2.45. The van der Waals surface area contributed by atoms with E-state index in [1.807, 2.05) is 20.8 Å². The van der Waals surface area contributed by atoms with Crippen molar-refractivity contribution in [2.75, 3.05) is 23.4 Å². The van der Waals surface area contributed by atoms with Crippen LogP contribution in [0.1, 0.15) is 90.0 Å². The highest BCUT2D eigenvalue weighted by Crippen LogP contribution is 2.39. The quantitative estimate of drug-likeness (QED) is 0.255. The molecule has 3 N–H and O–H groups in total. The number of amides is 2. The summed E-state index contributed by atoms with van der Waals surface area (Å²) < 4.78 is 37.5. The van der Waals surface area contributed by atoms with Crippen molar-refractivity contribution in [3.63, 3.8) is 0 Å². The molecule has 1 aliphatic heterocycles. The standard InChI is InChI=1S/C32H43N5O4.CH4O3S/c1-9-37-31(5,6)18-24(19-32(37,7)8)40-23-14-15-25(33-20-23)29(39)34-22-12-10-21(11-13-22)16-28(38)35-27-17-26(41-36-27)30(2,3)4;1-5(2,3)4/h10-15,17,20,24H,9,16,18-19H2,1-8H3,(H,34,39)(H,35,36,38);1H3,(H,2,3,4). The number of carbonyl (C=O) groups is 2. The van der Waals surface area contributed by atoms with Gasteiger partial charge < -0.3 is 19.9 Å². The van der Waals surface area contributed by atoms with Gasteiger partial charge in [-0.15, -0.1) is 0 Å². The van der Waals surface area contributed by atoms with Gasteiger partial charge in [0.2, 0.25) is 5.91 Å². The Bertz CT molecular complexity index is 1570. The third-order valence-corrected chi connectivity index (χ3v) is 7.60. The van der Waals surface area contributed by atoms with Crippen molar-refractivity contribution in [2.24, 2.45) is 0 Å². The van der Waals surface area contributed by atoms with Crippen LogP contribution in [0.25, 0.3) is 0 Å². The van der Waals surface area contributed by atoms with E-state index in [1.54, 1.807) is 48.7 Å². The minimum atomic E-state index is -3.67. The van der Waals surface area contributed by atoms with Gasteiger partial charge in [-0.05, 0) is 64.1 Å². The van der Waals surface area contributed by atoms with E-state index in [0.29, 0.717) is 35.0 Å². The Labute approximate surface area is 272 Å². The van der Waals surface area contributed by atoms with Gasteiger partial charge in [-0.1, -0.05) is 45.0 Å². The van der Waals surface area contributed by atoms with Gasteiger partial charge in [0.05, 0.1) is 18.9 Å². The van der Waals surface area contributed by atoms with Gasteiger partial charge in [-0.3, -0.25) is 19.0 Å². The number of likely N-dealkylation sites (tertiary alicyclic amines) is 1. The molecule has 1 aromatic carbocycles. The Balaban J connectivity index is 0.00000107. The second kappa shape index (κ2) is 14.3. The number of hydrogen-bond acceptors (Lipinski definition) is 9. The Morgan fingerprint density at radius 2 is 1.63 bits per heavy atom. The van der Waals surface area contributed by atoms with Crippen LogP contribution in [-0.2, 0) is 26.7 Å². The van der Waals surface area contributed by atoms with Gasteiger partial charge in [-0.2, -0.15) is 8.42 Å². The summed E-state index contributed by atoms with van der Waals surface area (Å²) in [5.74, 6) is 1.23. The number of anilines is 2. The fourth-order valence-corrected chi connectivity index (χ4v) is 5.90. The monoisotopic (exact) mass is 657 g/mol. The van der Waals surface area contributed by atoms with Crippen molar-refractivity contribution in [3.05, 3.63) is 65.7 Å². The Morgan fingerprint density at radius 3 is 2.11 bits per heavy atom. The van der Waals surface area contributed by atoms with Gasteiger partial charge in [0.15, 0.2) is 5.82 Å². The number of nitrogens with zero attached hydrogens (tertiary/aromatic N) is 3. The molecule has 1 fully saturated rings. The Hall–Kier alpha value is -3.81. The SMILES string of the molecule is CCN1C(C)(C)CC(Oc2ccc(C(=O)Nc3ccc(CC(=O)Nc4cc(C(C)(C)C)on4)cc3)nc2)CC1(C)C.CS(=O)(=O)O. The zero-order valence-electron chi connectivity index (χ0n) is 28.2. The second-order valence-electron chi connectivity index (χ2n) is 13.8. The lowest BCUT2D eigenvalue weighted by molar-refractivity contribution is -0.115. The zero-order valence-corrected chi connectivity index (χ0v) is 29.0. The first-order valence-corrected chi connectivity index (χ1v) is 17.0. The lowest BCUT2D eigenvalue weighted by atomic mass is 9.78. The van der Waals surface area contributed by atoms with Gasteiger partial charge in [0.25, 0.3) is 16.0 Å². The molecule has 0 unspecified atom stereocenters. The van der Waals surface area contributed by atoms with Crippen LogP contribution in [0.4, 0.5) is 11.5 Å². The number of aromatic nitrogens is 2. The van der Waals surface area contributed by atoms with Gasteiger partial charge in [-0.25, -0.2) is 4.98 Å². The maximum absolute atomic E-state index is 12.8. The van der Waals surface area contributed by atoms with Crippen molar-refractivity contribution in [2.45, 2.75) is 97.2 Å². The molecule has 0 saturated carbocycles. The summed E-state index contributed by atoms with van der Waals surface area (Å²) in [5.41, 5.74) is 1.57. The van der Waals surface area contributed by atoms with E-state index in [4.69, 9.17) is 13.8 Å². The second-order valence-corrected chi connectivity index (χ2v) is 15.3. The molecular weight excluding hydrogens is 610 g/mol. The summed E-state index contributed by atoms with van der Waals surface area (Å²) >= 11 is 0. The summed E-state index contributed by atoms with van der Waals surface area (Å²) in [6.45, 7) is 18.3. The largest absolute Gasteiger partial charge is 0.489 e. The Morgan fingerprint density at radius 1 is 1.04 bits per heavy atom. The van der Waals surface area contributed by atoms with Crippen LogP contribution in [0, 0.1) is 0 Å². The molecule has 4 rings (SSSR count). The minimum absolute atomic E-state index is 0.0287. The molecule has 13 heteroatoms. The zero-order chi connectivity index (χ0) is 34.5. The van der Waals surface area contributed by atoms with Gasteiger partial charge in [0, 0.05) is 41.1 Å². The molecule has 0 radical (unpaired) electrons. The van der Waals surface area contributed by atoms with Crippen molar-refractivity contribution >= 4 is 33.4 Å². The van der Waals surface area contributed by atoms with Crippen molar-refractivity contribution < 1.29 is 31.8 Å². The minimum Gasteiger partial charge on any atom is -0.489 e. The van der Waals surface area contributed by atoms with Crippen LogP contribution in [0.15, 0.2) is 53.2 Å². The first-order valence-electron chi connectivity index (χ1n) is 15.2. The van der Waals surface area contributed by atoms with Crippen LogP contribution in [0.5, 0.6) is 5.75 Å². The number of piperidine rings is 1. The lowest BCUT2D eigenvalue weighted by Crippen LogP contribution is -2.62. The smallest absolute Gasteiger partial charge is 0.274 e. The fourth-order valence-electron chi connectivity index (χ4n) is 5.90. The summed E-state index contributed by atoms with van der Waals surface area (Å²) in [6, 6.07) is 12.3. The number of carbonyl (C=O) groups excluding carboxylic acids is 2. The van der Waals surface area contributed by atoms with Crippen LogP contribution in [0.3, 0.4) is 0 Å². The number of ether oxygens (including phenoxy) is 1. The van der Waals surface area contributed by atoms with Crippen LogP contribution < -0.4 is 15.4 Å². The first-order chi connectivity index (χ1) is 21.2. The summed E-state index contributed by atoms with van der Waals surface area (Å²) in [6.07, 6.45) is 4.41. The predicted molar refractivity (Wildman–Crippen MR) is 178 cm³/mol. The maximum atomic E-state index is 12.8. The summed E-state index contributed by atoms with van der Waals surface area (Å²) in [7, 11) is -3.67. The number of rotatable bonds is 8. The van der Waals surface area contributed by atoms with E-state index < -0.39 is 10.1 Å². The molecule has 1 aliphatic rings. The summed E-state index contributed by atoms with van der Waals surface area (Å²) in [4.78, 5) is 32.1. The molecule has 0 bridgehead atoms. The molecule has 46 heavy (non-hydrogen) atoms. The van der Waals surface area contributed by atoms with E-state index in [2.05, 4.69) is 60.3 Å². The number of nitrogens with one attached hydrogen (secondary N) is 2. The number of hydrogen-bond donors (Lipinski definition) is 3. The van der Waals surface area contributed by atoms with Crippen molar-refractivity contribution in [3.8, 4) is 5.75 Å². The van der Waals surface area contributed by atoms with Crippen molar-refractivity contribution in [1.82, 2.24) is 15.0 Å². The van der Waals surface area contributed by atoms with Crippen LogP contribution in [0.2, 0.25) is 0 Å². The van der Waals surface area contributed by atoms with E-state index in [1.165, 1.54) is 0 Å². The van der Waals surface area contributed by atoms with Gasteiger partial charge in [0.1, 0.15) is 23.3 Å². The molecule has 3 aromatic rings. The fraction of sp³-hybridized carbons (Fsp3) is 0.515. The first kappa shape index (κ1) is 36.7. The topological polar surface area (TPSA) is 164 Å². The number of benzene rings is 1. The molecule has 0 atom stereocenters. The molecule has 0 spiro atoms. The highest BCUT2D eigenvalue weighted by molar-refractivity contribution is 7.85. The lowest BCUT2D eigenvalue weighted by Gasteiger charge is -2.54. The third kappa shape index (κ3) is 10.9. The predicted octanol–water partition coefficient (Wildman–Crippen LogP) is 5.72. The third-order valence-electron chi connectivity index (χ3n) is 7.60. The highest BCUT2D eigenvalue weighted by atomic mass is 32.2. The maximum Gasteiger partial charge on any atom is 0.274 e. The van der Waals surface area contributed by atoms with E-state index in [0.717, 1.165) is 24.9 Å². The summed E-state index contributed by atoms with van der Waals surface area (Å²) in [5, 5.41) is 9.54. The molecule has 12 nitrogen and oxygen atoms in total. The molecule has 2 amide bonds. The number of pyridine rings is 1.